The number of amides is 1. The van der Waals surface area contributed by atoms with Gasteiger partial charge in [-0.3, -0.25) is 4.79 Å². The quantitative estimate of drug-likeness (QED) is 0.622. The summed E-state index contributed by atoms with van der Waals surface area (Å²) < 4.78 is 55.7. The van der Waals surface area contributed by atoms with Crippen LogP contribution in [0, 0.1) is 5.82 Å². The van der Waals surface area contributed by atoms with Gasteiger partial charge in [0, 0.05) is 11.4 Å². The van der Waals surface area contributed by atoms with Gasteiger partial charge in [0.15, 0.2) is 0 Å². The second kappa shape index (κ2) is 7.85. The second-order valence-corrected chi connectivity index (χ2v) is 5.16. The molecule has 2 N–H and O–H groups in total. The van der Waals surface area contributed by atoms with E-state index in [-0.39, 0.29) is 12.2 Å². The number of rotatable bonds is 5. The Morgan fingerprint density at radius 2 is 1.65 bits per heavy atom. The molecule has 2 aromatic carbocycles. The van der Waals surface area contributed by atoms with E-state index < -0.39 is 29.4 Å². The smallest absolute Gasteiger partial charge is 0.419 e. The summed E-state index contributed by atoms with van der Waals surface area (Å²) in [6.45, 7) is -0.332. The van der Waals surface area contributed by atoms with Gasteiger partial charge in [0.05, 0.1) is 24.8 Å². The molecule has 5 nitrogen and oxygen atoms in total. The normalized spacial score (nSPS) is 11.0. The van der Waals surface area contributed by atoms with Crippen molar-refractivity contribution in [2.45, 2.75) is 6.18 Å². The summed E-state index contributed by atoms with van der Waals surface area (Å²) in [4.78, 5) is 23.1. The van der Waals surface area contributed by atoms with E-state index in [4.69, 9.17) is 0 Å². The van der Waals surface area contributed by atoms with E-state index >= 15 is 0 Å². The molecule has 0 saturated carbocycles. The molecular weight excluding hydrogens is 356 g/mol. The molecule has 0 unspecified atom stereocenters. The van der Waals surface area contributed by atoms with E-state index in [0.717, 1.165) is 6.07 Å². The molecule has 0 aromatic heterocycles. The first-order valence-electron chi connectivity index (χ1n) is 7.29. The van der Waals surface area contributed by atoms with Gasteiger partial charge in [-0.2, -0.15) is 13.2 Å². The van der Waals surface area contributed by atoms with Crippen LogP contribution in [0.15, 0.2) is 42.5 Å². The number of carbonyl (C=O) groups is 2. The van der Waals surface area contributed by atoms with Crippen molar-refractivity contribution in [3.05, 3.63) is 59.4 Å². The van der Waals surface area contributed by atoms with Crippen LogP contribution in [0.4, 0.5) is 28.9 Å². The molecule has 0 aliphatic carbocycles. The fourth-order valence-electron chi connectivity index (χ4n) is 2.05. The largest absolute Gasteiger partial charge is 0.465 e. The molecule has 0 fully saturated rings. The number of carbonyl (C=O) groups excluding carboxylic acids is 2. The lowest BCUT2D eigenvalue weighted by Crippen LogP contribution is -2.22. The van der Waals surface area contributed by atoms with Gasteiger partial charge in [0.25, 0.3) is 0 Å². The number of esters is 1. The molecule has 0 bridgehead atoms. The Hall–Kier alpha value is -3.10. The average molecular weight is 370 g/mol. The number of methoxy groups -OCH3 is 1. The molecule has 1 amide bonds. The first kappa shape index (κ1) is 19.2. The topological polar surface area (TPSA) is 67.4 Å². The lowest BCUT2D eigenvalue weighted by Gasteiger charge is -2.12. The number of halogens is 4. The van der Waals surface area contributed by atoms with Crippen molar-refractivity contribution in [1.29, 1.82) is 0 Å². The van der Waals surface area contributed by atoms with Crippen molar-refractivity contribution in [1.82, 2.24) is 0 Å². The molecule has 138 valence electrons. The third kappa shape index (κ3) is 4.95. The molecule has 0 aliphatic rings. The predicted octanol–water partition coefficient (Wildman–Crippen LogP) is 3.68. The summed E-state index contributed by atoms with van der Waals surface area (Å²) >= 11 is 0. The fraction of sp³-hybridized carbons (Fsp3) is 0.176. The van der Waals surface area contributed by atoms with Crippen LogP contribution in [0.3, 0.4) is 0 Å². The number of hydrogen-bond acceptors (Lipinski definition) is 4. The van der Waals surface area contributed by atoms with Crippen LogP contribution in [0.25, 0.3) is 0 Å². The van der Waals surface area contributed by atoms with E-state index in [1.54, 1.807) is 0 Å². The zero-order valence-electron chi connectivity index (χ0n) is 13.5. The first-order valence-corrected chi connectivity index (χ1v) is 7.29. The van der Waals surface area contributed by atoms with Crippen molar-refractivity contribution >= 4 is 23.3 Å². The van der Waals surface area contributed by atoms with Gasteiger partial charge in [-0.05, 0) is 42.5 Å². The highest BCUT2D eigenvalue weighted by atomic mass is 19.4. The Balaban J connectivity index is 1.96. The third-order valence-electron chi connectivity index (χ3n) is 3.31. The molecular formula is C17H14F4N2O3. The number of benzene rings is 2. The lowest BCUT2D eigenvalue weighted by atomic mass is 10.2. The fourth-order valence-corrected chi connectivity index (χ4v) is 2.05. The van der Waals surface area contributed by atoms with E-state index in [1.165, 1.54) is 31.4 Å². The number of ether oxygens (including phenoxy) is 1. The highest BCUT2D eigenvalue weighted by molar-refractivity contribution is 5.95. The summed E-state index contributed by atoms with van der Waals surface area (Å²) in [7, 11) is 1.24. The molecule has 0 aliphatic heterocycles. The molecule has 0 radical (unpaired) electrons. The summed E-state index contributed by atoms with van der Waals surface area (Å²) in [5.41, 5.74) is -0.773. The van der Waals surface area contributed by atoms with Gasteiger partial charge in [0.2, 0.25) is 5.91 Å². The van der Waals surface area contributed by atoms with Gasteiger partial charge >= 0.3 is 12.1 Å². The lowest BCUT2D eigenvalue weighted by molar-refractivity contribution is -0.139. The Kier molecular flexibility index (Phi) is 5.81. The Bertz CT molecular complexity index is 805. The zero-order chi connectivity index (χ0) is 19.3. The van der Waals surface area contributed by atoms with Crippen molar-refractivity contribution in [2.75, 3.05) is 24.3 Å². The average Bonchev–Trinajstić information content (AvgIpc) is 2.60. The highest BCUT2D eigenvalue weighted by Gasteiger charge is 2.34. The Labute approximate surface area is 146 Å². The van der Waals surface area contributed by atoms with Crippen molar-refractivity contribution < 1.29 is 31.9 Å². The standard InChI is InChI=1S/C17H14F4N2O3/c1-26-16(25)10-2-4-11(5-3-10)23-15(24)9-22-12-6-7-14(18)13(8-12)17(19,20)21/h2-8,22H,9H2,1H3,(H,23,24). The van der Waals surface area contributed by atoms with Crippen molar-refractivity contribution in [3.63, 3.8) is 0 Å². The molecule has 2 aromatic rings. The SMILES string of the molecule is COC(=O)c1ccc(NC(=O)CNc2ccc(F)c(C(F)(F)F)c2)cc1. The van der Waals surface area contributed by atoms with Crippen LogP contribution in [-0.4, -0.2) is 25.5 Å². The van der Waals surface area contributed by atoms with Crippen molar-refractivity contribution in [2.24, 2.45) is 0 Å². The van der Waals surface area contributed by atoms with Gasteiger partial charge < -0.3 is 15.4 Å². The highest BCUT2D eigenvalue weighted by Crippen LogP contribution is 2.32. The second-order valence-electron chi connectivity index (χ2n) is 5.16. The Morgan fingerprint density at radius 3 is 2.23 bits per heavy atom. The molecule has 9 heteroatoms. The molecule has 0 heterocycles. The number of anilines is 2. The van der Waals surface area contributed by atoms with E-state index in [0.29, 0.717) is 23.4 Å². The van der Waals surface area contributed by atoms with Gasteiger partial charge in [-0.1, -0.05) is 0 Å². The van der Waals surface area contributed by atoms with Crippen LogP contribution in [0.2, 0.25) is 0 Å². The summed E-state index contributed by atoms with van der Waals surface area (Å²) in [5, 5.41) is 4.99. The van der Waals surface area contributed by atoms with Crippen LogP contribution in [0.5, 0.6) is 0 Å². The maximum atomic E-state index is 13.2. The maximum absolute atomic E-state index is 13.2. The minimum Gasteiger partial charge on any atom is -0.465 e. The number of hydrogen-bond donors (Lipinski definition) is 2. The molecule has 0 atom stereocenters. The zero-order valence-corrected chi connectivity index (χ0v) is 13.5. The number of nitrogens with one attached hydrogen (secondary N) is 2. The van der Waals surface area contributed by atoms with Gasteiger partial charge in [-0.25, -0.2) is 9.18 Å². The van der Waals surface area contributed by atoms with Crippen LogP contribution in [-0.2, 0) is 15.7 Å². The summed E-state index contributed by atoms with van der Waals surface area (Å²) in [6.07, 6.45) is -4.83. The van der Waals surface area contributed by atoms with Gasteiger partial charge in [-0.15, -0.1) is 0 Å². The monoisotopic (exact) mass is 370 g/mol. The third-order valence-corrected chi connectivity index (χ3v) is 3.31. The maximum Gasteiger partial charge on any atom is 0.419 e. The first-order chi connectivity index (χ1) is 12.2. The van der Waals surface area contributed by atoms with E-state index in [9.17, 15) is 27.2 Å². The molecule has 0 spiro atoms. The summed E-state index contributed by atoms with van der Waals surface area (Å²) in [5.74, 6) is -2.45. The number of alkyl halides is 3. The van der Waals surface area contributed by atoms with E-state index in [1.807, 2.05) is 0 Å². The van der Waals surface area contributed by atoms with Crippen LogP contribution >= 0.6 is 0 Å². The summed E-state index contributed by atoms with van der Waals surface area (Å²) in [6, 6.07) is 8.22. The molecule has 0 saturated heterocycles. The minimum absolute atomic E-state index is 0.0464. The molecule has 26 heavy (non-hydrogen) atoms. The molecule has 2 rings (SSSR count). The minimum atomic E-state index is -4.83. The van der Waals surface area contributed by atoms with Gasteiger partial charge in [0.1, 0.15) is 5.82 Å². The predicted molar refractivity (Wildman–Crippen MR) is 86.3 cm³/mol. The van der Waals surface area contributed by atoms with Crippen LogP contribution in [0.1, 0.15) is 15.9 Å². The van der Waals surface area contributed by atoms with Crippen LogP contribution < -0.4 is 10.6 Å². The Morgan fingerprint density at radius 1 is 1.04 bits per heavy atom. The van der Waals surface area contributed by atoms with Crippen molar-refractivity contribution in [3.8, 4) is 0 Å². The van der Waals surface area contributed by atoms with E-state index in [2.05, 4.69) is 15.4 Å².